The van der Waals surface area contributed by atoms with Crippen molar-refractivity contribution in [3.8, 4) is 0 Å². The van der Waals surface area contributed by atoms with Gasteiger partial charge in [-0.2, -0.15) is 0 Å². The number of carboxylic acids is 1. The summed E-state index contributed by atoms with van der Waals surface area (Å²) in [4.78, 5) is 26.2. The van der Waals surface area contributed by atoms with E-state index < -0.39 is 5.97 Å². The van der Waals surface area contributed by atoms with Gasteiger partial charge in [0.05, 0.1) is 12.5 Å². The highest BCUT2D eigenvalue weighted by Crippen LogP contribution is 2.22. The first kappa shape index (κ1) is 17.3. The number of aliphatic carboxylic acids is 1. The number of urea groups is 1. The van der Waals surface area contributed by atoms with Gasteiger partial charge in [-0.1, -0.05) is 23.7 Å². The molecule has 0 spiro atoms. The van der Waals surface area contributed by atoms with E-state index in [2.05, 4.69) is 0 Å². The Kier molecular flexibility index (Phi) is 6.49. The third-order valence-electron chi connectivity index (χ3n) is 3.46. The van der Waals surface area contributed by atoms with Gasteiger partial charge in [-0.05, 0) is 31.5 Å². The van der Waals surface area contributed by atoms with Crippen LogP contribution in [-0.4, -0.2) is 47.0 Å². The highest BCUT2D eigenvalue weighted by Gasteiger charge is 2.22. The summed E-state index contributed by atoms with van der Waals surface area (Å²) in [6.07, 6.45) is -0.0566. The van der Waals surface area contributed by atoms with Gasteiger partial charge < -0.3 is 14.9 Å². The van der Waals surface area contributed by atoms with Gasteiger partial charge >= 0.3 is 12.0 Å². The Balaban J connectivity index is 2.77. The number of hydrogen-bond donors (Lipinski definition) is 1. The molecule has 6 heteroatoms. The molecular weight excluding hydrogens is 292 g/mol. The Morgan fingerprint density at radius 2 is 2.05 bits per heavy atom. The average molecular weight is 313 g/mol. The van der Waals surface area contributed by atoms with E-state index in [0.29, 0.717) is 11.6 Å². The van der Waals surface area contributed by atoms with Gasteiger partial charge in [-0.15, -0.1) is 0 Å². The molecule has 0 aliphatic heterocycles. The quantitative estimate of drug-likeness (QED) is 0.877. The van der Waals surface area contributed by atoms with Crippen LogP contribution in [0.3, 0.4) is 0 Å². The summed E-state index contributed by atoms with van der Waals surface area (Å²) in [6, 6.07) is 7.03. The van der Waals surface area contributed by atoms with E-state index in [1.807, 2.05) is 32.0 Å². The number of halogens is 1. The molecule has 5 nitrogen and oxygen atoms in total. The van der Waals surface area contributed by atoms with Crippen molar-refractivity contribution in [3.05, 3.63) is 34.9 Å². The number of rotatable bonds is 6. The van der Waals surface area contributed by atoms with Crippen LogP contribution in [0, 0.1) is 0 Å². The Bertz CT molecular complexity index is 507. The fraction of sp³-hybridized carbons (Fsp3) is 0.467. The largest absolute Gasteiger partial charge is 0.481 e. The lowest BCUT2D eigenvalue weighted by molar-refractivity contribution is -0.137. The van der Waals surface area contributed by atoms with Crippen molar-refractivity contribution in [1.82, 2.24) is 9.80 Å². The lowest BCUT2D eigenvalue weighted by atomic mass is 10.1. The van der Waals surface area contributed by atoms with Crippen LogP contribution >= 0.6 is 11.6 Å². The van der Waals surface area contributed by atoms with Crippen LogP contribution in [0.2, 0.25) is 5.02 Å². The number of benzene rings is 1. The summed E-state index contributed by atoms with van der Waals surface area (Å²) < 4.78 is 0. The average Bonchev–Trinajstić information content (AvgIpc) is 2.45. The summed E-state index contributed by atoms with van der Waals surface area (Å²) in [5, 5.41) is 9.35. The van der Waals surface area contributed by atoms with Crippen LogP contribution in [0.4, 0.5) is 4.79 Å². The number of hydrogen-bond acceptors (Lipinski definition) is 2. The van der Waals surface area contributed by atoms with Crippen LogP contribution in [0.25, 0.3) is 0 Å². The maximum absolute atomic E-state index is 12.4. The van der Waals surface area contributed by atoms with Crippen molar-refractivity contribution in [2.45, 2.75) is 26.3 Å². The lowest BCUT2D eigenvalue weighted by Crippen LogP contribution is -2.43. The number of carbonyl (C=O) groups is 2. The molecule has 0 saturated heterocycles. The smallest absolute Gasteiger partial charge is 0.320 e. The Morgan fingerprint density at radius 3 is 2.57 bits per heavy atom. The van der Waals surface area contributed by atoms with E-state index in [4.69, 9.17) is 16.7 Å². The molecular formula is C15H21ClN2O3. The van der Waals surface area contributed by atoms with Crippen molar-refractivity contribution in [2.24, 2.45) is 0 Å². The first-order valence-electron chi connectivity index (χ1n) is 6.85. The van der Waals surface area contributed by atoms with Crippen LogP contribution in [0.1, 0.15) is 31.9 Å². The second-order valence-electron chi connectivity index (χ2n) is 4.85. The van der Waals surface area contributed by atoms with Gasteiger partial charge in [0.15, 0.2) is 0 Å². The molecule has 0 aliphatic carbocycles. The molecule has 0 saturated carbocycles. The molecule has 2 amide bonds. The Labute approximate surface area is 130 Å². The molecule has 1 atom stereocenters. The van der Waals surface area contributed by atoms with Crippen LogP contribution < -0.4 is 0 Å². The summed E-state index contributed by atoms with van der Waals surface area (Å²) >= 11 is 5.97. The van der Waals surface area contributed by atoms with E-state index in [-0.39, 0.29) is 25.0 Å². The molecule has 1 aromatic rings. The van der Waals surface area contributed by atoms with Gasteiger partial charge in [0.2, 0.25) is 0 Å². The maximum Gasteiger partial charge on any atom is 0.320 e. The van der Waals surface area contributed by atoms with Crippen molar-refractivity contribution in [2.75, 3.05) is 20.1 Å². The zero-order chi connectivity index (χ0) is 16.0. The monoisotopic (exact) mass is 312 g/mol. The van der Waals surface area contributed by atoms with Crippen molar-refractivity contribution < 1.29 is 14.7 Å². The summed E-state index contributed by atoms with van der Waals surface area (Å²) in [6.45, 7) is 4.42. The van der Waals surface area contributed by atoms with Gasteiger partial charge in [0, 0.05) is 25.2 Å². The minimum Gasteiger partial charge on any atom is -0.481 e. The van der Waals surface area contributed by atoms with Gasteiger partial charge in [-0.3, -0.25) is 4.79 Å². The predicted octanol–water partition coefficient (Wildman–Crippen LogP) is 3.25. The first-order chi connectivity index (χ1) is 9.86. The molecule has 1 N–H and O–H groups in total. The molecule has 21 heavy (non-hydrogen) atoms. The molecule has 1 rings (SSSR count). The zero-order valence-corrected chi connectivity index (χ0v) is 13.3. The zero-order valence-electron chi connectivity index (χ0n) is 12.5. The van der Waals surface area contributed by atoms with Gasteiger partial charge in [0.1, 0.15) is 0 Å². The van der Waals surface area contributed by atoms with E-state index in [9.17, 15) is 9.59 Å². The predicted molar refractivity (Wildman–Crippen MR) is 82.5 cm³/mol. The Morgan fingerprint density at radius 1 is 1.38 bits per heavy atom. The van der Waals surface area contributed by atoms with E-state index in [1.54, 1.807) is 18.0 Å². The minimum absolute atomic E-state index is 0.0566. The van der Waals surface area contributed by atoms with Crippen molar-refractivity contribution in [1.29, 1.82) is 0 Å². The number of carbonyl (C=O) groups excluding carboxylic acids is 1. The van der Waals surface area contributed by atoms with Crippen LogP contribution in [-0.2, 0) is 4.79 Å². The second-order valence-corrected chi connectivity index (χ2v) is 5.28. The minimum atomic E-state index is -0.910. The molecule has 0 heterocycles. The number of amides is 2. The summed E-state index contributed by atoms with van der Waals surface area (Å²) in [5.41, 5.74) is 0.938. The van der Waals surface area contributed by atoms with E-state index >= 15 is 0 Å². The molecule has 0 aliphatic rings. The van der Waals surface area contributed by atoms with Crippen molar-refractivity contribution >= 4 is 23.6 Å². The van der Waals surface area contributed by atoms with Crippen LogP contribution in [0.15, 0.2) is 24.3 Å². The van der Waals surface area contributed by atoms with Gasteiger partial charge in [0.25, 0.3) is 0 Å². The SMILES string of the molecule is CCN(CCC(=O)O)C(=O)N(C)C(C)c1cccc(Cl)c1. The highest BCUT2D eigenvalue weighted by atomic mass is 35.5. The molecule has 1 aromatic carbocycles. The molecule has 0 fully saturated rings. The third-order valence-corrected chi connectivity index (χ3v) is 3.70. The highest BCUT2D eigenvalue weighted by molar-refractivity contribution is 6.30. The molecule has 0 aromatic heterocycles. The second kappa shape index (κ2) is 7.88. The molecule has 116 valence electrons. The van der Waals surface area contributed by atoms with E-state index in [1.165, 1.54) is 4.90 Å². The van der Waals surface area contributed by atoms with Crippen molar-refractivity contribution in [3.63, 3.8) is 0 Å². The number of nitrogens with zero attached hydrogens (tertiary/aromatic N) is 2. The molecule has 0 radical (unpaired) electrons. The molecule has 1 unspecified atom stereocenters. The van der Waals surface area contributed by atoms with Crippen LogP contribution in [0.5, 0.6) is 0 Å². The fourth-order valence-electron chi connectivity index (χ4n) is 2.00. The topological polar surface area (TPSA) is 60.9 Å². The fourth-order valence-corrected chi connectivity index (χ4v) is 2.20. The van der Waals surface area contributed by atoms with Gasteiger partial charge in [-0.25, -0.2) is 4.79 Å². The number of carboxylic acid groups (broad SMARTS) is 1. The Hall–Kier alpha value is -1.75. The standard InChI is InChI=1S/C15H21ClN2O3/c1-4-18(9-8-14(19)20)15(21)17(3)11(2)12-6-5-7-13(16)10-12/h5-7,10-11H,4,8-9H2,1-3H3,(H,19,20). The third kappa shape index (κ3) is 4.93. The summed E-state index contributed by atoms with van der Waals surface area (Å²) in [5.74, 6) is -0.910. The van der Waals surface area contributed by atoms with E-state index in [0.717, 1.165) is 5.56 Å². The summed E-state index contributed by atoms with van der Waals surface area (Å²) in [7, 11) is 1.71. The molecule has 0 bridgehead atoms. The maximum atomic E-state index is 12.4. The first-order valence-corrected chi connectivity index (χ1v) is 7.23. The normalized spacial score (nSPS) is 11.8. The lowest BCUT2D eigenvalue weighted by Gasteiger charge is -2.31.